The van der Waals surface area contributed by atoms with Gasteiger partial charge in [0.15, 0.2) is 0 Å². The van der Waals surface area contributed by atoms with Gasteiger partial charge in [-0.15, -0.1) is 0 Å². The van der Waals surface area contributed by atoms with Gasteiger partial charge in [0.25, 0.3) is 0 Å². The van der Waals surface area contributed by atoms with Gasteiger partial charge >= 0.3 is 6.09 Å². The number of piperazine rings is 1. The van der Waals surface area contributed by atoms with Gasteiger partial charge in [-0.3, -0.25) is 4.79 Å². The van der Waals surface area contributed by atoms with E-state index in [2.05, 4.69) is 4.72 Å². The second-order valence-electron chi connectivity index (χ2n) is 7.53. The van der Waals surface area contributed by atoms with Crippen LogP contribution in [0.25, 0.3) is 0 Å². The molecule has 9 heteroatoms. The maximum absolute atomic E-state index is 12.6. The molecule has 1 aromatic carbocycles. The van der Waals surface area contributed by atoms with Crippen LogP contribution >= 0.6 is 0 Å². The number of rotatable bonds is 4. The average Bonchev–Trinajstić information content (AvgIpc) is 2.58. The van der Waals surface area contributed by atoms with Crippen LogP contribution < -0.4 is 4.72 Å². The van der Waals surface area contributed by atoms with Crippen molar-refractivity contribution in [3.63, 3.8) is 0 Å². The van der Waals surface area contributed by atoms with Crippen LogP contribution in [0.5, 0.6) is 0 Å². The zero-order valence-electron chi connectivity index (χ0n) is 16.1. The highest BCUT2D eigenvalue weighted by atomic mass is 32.2. The molecule has 150 valence electrons. The van der Waals surface area contributed by atoms with Gasteiger partial charge in [-0.05, 0) is 26.3 Å². The van der Waals surface area contributed by atoms with Crippen molar-refractivity contribution in [1.29, 1.82) is 0 Å². The maximum Gasteiger partial charge on any atom is 0.410 e. The molecule has 0 radical (unpaired) electrons. The number of hydrogen-bond acceptors (Lipinski definition) is 5. The molecule has 0 aromatic heterocycles. The summed E-state index contributed by atoms with van der Waals surface area (Å²) in [6.45, 7) is 5.99. The smallest absolute Gasteiger partial charge is 0.410 e. The molecule has 1 unspecified atom stereocenters. The van der Waals surface area contributed by atoms with Gasteiger partial charge in [-0.1, -0.05) is 30.3 Å². The van der Waals surface area contributed by atoms with Crippen LogP contribution in [0.1, 0.15) is 32.4 Å². The first kappa shape index (κ1) is 21.2. The van der Waals surface area contributed by atoms with Crippen molar-refractivity contribution in [2.75, 3.05) is 32.4 Å². The maximum atomic E-state index is 12.6. The normalized spacial score (nSPS) is 18.3. The quantitative estimate of drug-likeness (QED) is 0.828. The minimum Gasteiger partial charge on any atom is -0.444 e. The Morgan fingerprint density at radius 1 is 1.19 bits per heavy atom. The minimum absolute atomic E-state index is 0.281. The molecule has 0 aliphatic carbocycles. The fraction of sp³-hybridized carbons (Fsp3) is 0.556. The van der Waals surface area contributed by atoms with Crippen LogP contribution in [-0.2, 0) is 19.6 Å². The Balaban J connectivity index is 2.18. The summed E-state index contributed by atoms with van der Waals surface area (Å²) in [5.41, 5.74) is 0.268. The molecule has 2 amide bonds. The van der Waals surface area contributed by atoms with E-state index >= 15 is 0 Å². The summed E-state index contributed by atoms with van der Waals surface area (Å²) in [5.74, 6) is -0.335. The second-order valence-corrected chi connectivity index (χ2v) is 9.37. The molecule has 1 aliphatic heterocycles. The number of benzene rings is 1. The first-order valence-electron chi connectivity index (χ1n) is 8.73. The zero-order valence-corrected chi connectivity index (χ0v) is 17.0. The molecule has 1 aliphatic rings. The molecular formula is C18H27N3O5S. The van der Waals surface area contributed by atoms with E-state index in [1.807, 2.05) is 30.3 Å². The van der Waals surface area contributed by atoms with Crippen LogP contribution in [0.15, 0.2) is 30.3 Å². The lowest BCUT2D eigenvalue weighted by atomic mass is 10.0. The van der Waals surface area contributed by atoms with Crippen molar-refractivity contribution in [2.24, 2.45) is 0 Å². The molecule has 1 aromatic rings. The molecule has 27 heavy (non-hydrogen) atoms. The minimum atomic E-state index is -3.47. The van der Waals surface area contributed by atoms with Gasteiger partial charge in [-0.25, -0.2) is 17.9 Å². The summed E-state index contributed by atoms with van der Waals surface area (Å²) in [5, 5.41) is 0. The summed E-state index contributed by atoms with van der Waals surface area (Å²) in [6.07, 6.45) is 0.583. The summed E-state index contributed by atoms with van der Waals surface area (Å²) < 4.78 is 30.3. The van der Waals surface area contributed by atoms with Crippen molar-refractivity contribution in [1.82, 2.24) is 14.5 Å². The number of carbonyl (C=O) groups excluding carboxylic acids is 2. The van der Waals surface area contributed by atoms with E-state index in [0.717, 1.165) is 11.8 Å². The molecule has 1 N–H and O–H groups in total. The van der Waals surface area contributed by atoms with Gasteiger partial charge in [0.05, 0.1) is 18.8 Å². The Morgan fingerprint density at radius 3 is 2.37 bits per heavy atom. The predicted molar refractivity (Wildman–Crippen MR) is 102 cm³/mol. The summed E-state index contributed by atoms with van der Waals surface area (Å²) in [6, 6.07) is 8.98. The third-order valence-electron chi connectivity index (χ3n) is 4.02. The third-order valence-corrected chi connectivity index (χ3v) is 4.69. The molecule has 1 atom stereocenters. The summed E-state index contributed by atoms with van der Waals surface area (Å²) >= 11 is 0. The zero-order chi connectivity index (χ0) is 20.2. The predicted octanol–water partition coefficient (Wildman–Crippen LogP) is 1.36. The Kier molecular flexibility index (Phi) is 6.48. The lowest BCUT2D eigenvalue weighted by molar-refractivity contribution is -0.135. The Morgan fingerprint density at radius 2 is 1.81 bits per heavy atom. The first-order valence-corrected chi connectivity index (χ1v) is 10.6. The number of amides is 2. The number of nitrogens with zero attached hydrogens (tertiary/aromatic N) is 2. The van der Waals surface area contributed by atoms with E-state index in [9.17, 15) is 18.0 Å². The Hall–Kier alpha value is -2.13. The van der Waals surface area contributed by atoms with Crippen molar-refractivity contribution in [3.8, 4) is 0 Å². The number of hydrogen-bond donors (Lipinski definition) is 1. The number of sulfonamides is 1. The van der Waals surface area contributed by atoms with Gasteiger partial charge in [0.1, 0.15) is 5.60 Å². The topological polar surface area (TPSA) is 96.0 Å². The van der Waals surface area contributed by atoms with Gasteiger partial charge in [0, 0.05) is 19.6 Å². The largest absolute Gasteiger partial charge is 0.444 e. The van der Waals surface area contributed by atoms with Crippen LogP contribution in [0.4, 0.5) is 4.79 Å². The fourth-order valence-electron chi connectivity index (χ4n) is 2.83. The molecule has 1 fully saturated rings. The first-order chi connectivity index (χ1) is 12.5. The summed E-state index contributed by atoms with van der Waals surface area (Å²) in [7, 11) is -3.47. The van der Waals surface area contributed by atoms with Gasteiger partial charge in [-0.2, -0.15) is 0 Å². The van der Waals surface area contributed by atoms with Crippen LogP contribution in [0.2, 0.25) is 0 Å². The number of nitrogens with one attached hydrogen (secondary N) is 1. The average molecular weight is 397 g/mol. The van der Waals surface area contributed by atoms with E-state index < -0.39 is 21.7 Å². The molecule has 2 rings (SSSR count). The monoisotopic (exact) mass is 397 g/mol. The number of ether oxygens (including phenoxy) is 1. The second kappa shape index (κ2) is 8.26. The standard InChI is InChI=1S/C18H27N3O5S/c1-18(2,3)26-17(23)20-10-11-21(16(22)12-19-27(4,24)25)15(13-20)14-8-6-5-7-9-14/h5-9,15,19H,10-13H2,1-4H3. The number of carbonyl (C=O) groups is 2. The Labute approximate surface area is 160 Å². The highest BCUT2D eigenvalue weighted by Gasteiger charge is 2.35. The molecule has 0 spiro atoms. The van der Waals surface area contributed by atoms with Gasteiger partial charge < -0.3 is 14.5 Å². The van der Waals surface area contributed by atoms with Crippen LogP contribution in [0.3, 0.4) is 0 Å². The summed E-state index contributed by atoms with van der Waals surface area (Å²) in [4.78, 5) is 28.2. The molecule has 8 nitrogen and oxygen atoms in total. The Bertz CT molecular complexity index is 774. The van der Waals surface area contributed by atoms with E-state index in [0.29, 0.717) is 13.1 Å². The lowest BCUT2D eigenvalue weighted by Gasteiger charge is -2.42. The lowest BCUT2D eigenvalue weighted by Crippen LogP contribution is -2.54. The van der Waals surface area contributed by atoms with Gasteiger partial charge in [0.2, 0.25) is 15.9 Å². The van der Waals surface area contributed by atoms with Crippen molar-refractivity contribution >= 4 is 22.0 Å². The highest BCUT2D eigenvalue weighted by Crippen LogP contribution is 2.26. The van der Waals surface area contributed by atoms with Crippen molar-refractivity contribution < 1.29 is 22.7 Å². The SMILES string of the molecule is CC(C)(C)OC(=O)N1CCN(C(=O)CNS(C)(=O)=O)C(c2ccccc2)C1. The van der Waals surface area contributed by atoms with E-state index in [4.69, 9.17) is 4.74 Å². The molecule has 0 bridgehead atoms. The van der Waals surface area contributed by atoms with E-state index in [-0.39, 0.29) is 25.0 Å². The molecule has 1 saturated heterocycles. The van der Waals surface area contributed by atoms with E-state index in [1.54, 1.807) is 30.6 Å². The molecular weight excluding hydrogens is 370 g/mol. The third kappa shape index (κ3) is 6.51. The highest BCUT2D eigenvalue weighted by molar-refractivity contribution is 7.88. The molecule has 0 saturated carbocycles. The fourth-order valence-corrected chi connectivity index (χ4v) is 3.21. The van der Waals surface area contributed by atoms with Crippen LogP contribution in [0, 0.1) is 0 Å². The van der Waals surface area contributed by atoms with Crippen LogP contribution in [-0.4, -0.2) is 68.3 Å². The molecule has 1 heterocycles. The van der Waals surface area contributed by atoms with E-state index in [1.165, 1.54) is 0 Å². The van der Waals surface area contributed by atoms with Crippen molar-refractivity contribution in [3.05, 3.63) is 35.9 Å². The van der Waals surface area contributed by atoms with Crippen molar-refractivity contribution in [2.45, 2.75) is 32.4 Å².